The van der Waals surface area contributed by atoms with Crippen LogP contribution in [0.25, 0.3) is 100 Å². The third-order valence-corrected chi connectivity index (χ3v) is 10.8. The van der Waals surface area contributed by atoms with Crippen molar-refractivity contribution >= 4 is 43.6 Å². The number of benzene rings is 8. The van der Waals surface area contributed by atoms with E-state index in [1.807, 2.05) is 36.4 Å². The molecule has 5 heteroatoms. The second kappa shape index (κ2) is 13.0. The normalized spacial score (nSPS) is 11.6. The molecule has 262 valence electrons. The minimum atomic E-state index is 0.628. The Kier molecular flexibility index (Phi) is 7.42. The van der Waals surface area contributed by atoms with Crippen LogP contribution >= 0.6 is 0 Å². The van der Waals surface area contributed by atoms with E-state index in [0.29, 0.717) is 17.5 Å². The Morgan fingerprint density at radius 3 is 1.32 bits per heavy atom. The molecule has 0 N–H and O–H groups in total. The number of rotatable bonds is 6. The summed E-state index contributed by atoms with van der Waals surface area (Å²) in [5.41, 5.74) is 12.0. The summed E-state index contributed by atoms with van der Waals surface area (Å²) in [6, 6.07) is 70.3. The molecule has 0 bridgehead atoms. The lowest BCUT2D eigenvalue weighted by Crippen LogP contribution is -2.00. The fourth-order valence-electron chi connectivity index (χ4n) is 8.18. The van der Waals surface area contributed by atoms with Gasteiger partial charge in [-0.1, -0.05) is 146 Å². The molecule has 0 fully saturated rings. The highest BCUT2D eigenvalue weighted by Crippen LogP contribution is 2.42. The zero-order valence-electron chi connectivity index (χ0n) is 30.3. The van der Waals surface area contributed by atoms with E-state index in [1.54, 1.807) is 0 Å². The summed E-state index contributed by atoms with van der Waals surface area (Å²) in [4.78, 5) is 15.1. The SMILES string of the molecule is c1ccc(-c2ccc(-c3nc(-c4ccccc4)nc(-c4ccc(-n5c6ccccc6c6ccc7c(c8ccccc8n7-c7ccccc7)c65)cc4)n3)cc2)cc1. The molecule has 3 heterocycles. The third kappa shape index (κ3) is 5.21. The molecule has 11 aromatic rings. The van der Waals surface area contributed by atoms with Crippen molar-refractivity contribution < 1.29 is 0 Å². The van der Waals surface area contributed by atoms with E-state index in [-0.39, 0.29) is 0 Å². The highest BCUT2D eigenvalue weighted by atomic mass is 15.0. The number of fused-ring (bicyclic) bond motifs is 7. The maximum atomic E-state index is 5.07. The Morgan fingerprint density at radius 1 is 0.268 bits per heavy atom. The van der Waals surface area contributed by atoms with Crippen molar-refractivity contribution in [2.45, 2.75) is 0 Å². The summed E-state index contributed by atoms with van der Waals surface area (Å²) in [7, 11) is 0. The molecule has 0 unspecified atom stereocenters. The molecule has 0 saturated carbocycles. The summed E-state index contributed by atoms with van der Waals surface area (Å²) >= 11 is 0. The highest BCUT2D eigenvalue weighted by molar-refractivity contribution is 6.26. The van der Waals surface area contributed by atoms with E-state index < -0.39 is 0 Å². The lowest BCUT2D eigenvalue weighted by molar-refractivity contribution is 1.07. The van der Waals surface area contributed by atoms with Gasteiger partial charge in [0.15, 0.2) is 17.5 Å². The second-order valence-corrected chi connectivity index (χ2v) is 14.1. The van der Waals surface area contributed by atoms with Crippen molar-refractivity contribution in [1.82, 2.24) is 24.1 Å². The standard InChI is InChI=1S/C51H33N5/c1-4-14-34(15-5-1)35-24-26-37(27-25-35)50-52-49(36-16-6-2-7-17-36)53-51(54-50)38-28-30-40(31-29-38)56-44-22-12-10-20-41(44)42-32-33-46-47(48(42)56)43-21-11-13-23-45(43)55(46)39-18-8-3-9-19-39/h1-33H. The van der Waals surface area contributed by atoms with Gasteiger partial charge in [0, 0.05) is 49.6 Å². The van der Waals surface area contributed by atoms with Crippen LogP contribution in [0.2, 0.25) is 0 Å². The van der Waals surface area contributed by atoms with E-state index in [0.717, 1.165) is 39.1 Å². The summed E-state index contributed by atoms with van der Waals surface area (Å²) in [5, 5.41) is 4.90. The minimum absolute atomic E-state index is 0.628. The zero-order valence-corrected chi connectivity index (χ0v) is 30.3. The Bertz CT molecular complexity index is 3200. The van der Waals surface area contributed by atoms with Gasteiger partial charge in [-0.05, 0) is 65.7 Å². The molecule has 11 rings (SSSR count). The molecule has 0 radical (unpaired) electrons. The van der Waals surface area contributed by atoms with Gasteiger partial charge in [0.05, 0.1) is 22.1 Å². The molecule has 0 saturated heterocycles. The molecule has 0 amide bonds. The maximum Gasteiger partial charge on any atom is 0.164 e. The van der Waals surface area contributed by atoms with Crippen LogP contribution in [0.4, 0.5) is 0 Å². The van der Waals surface area contributed by atoms with Gasteiger partial charge in [-0.3, -0.25) is 0 Å². The smallest absolute Gasteiger partial charge is 0.164 e. The molecule has 0 aliphatic carbocycles. The van der Waals surface area contributed by atoms with E-state index in [2.05, 4.69) is 173 Å². The summed E-state index contributed by atoms with van der Waals surface area (Å²) in [6.45, 7) is 0. The van der Waals surface area contributed by atoms with Crippen molar-refractivity contribution in [2.24, 2.45) is 0 Å². The summed E-state index contributed by atoms with van der Waals surface area (Å²) in [5.74, 6) is 1.90. The van der Waals surface area contributed by atoms with E-state index in [9.17, 15) is 0 Å². The van der Waals surface area contributed by atoms with Crippen LogP contribution in [0.15, 0.2) is 200 Å². The Labute approximate surface area is 323 Å². The van der Waals surface area contributed by atoms with Crippen LogP contribution < -0.4 is 0 Å². The summed E-state index contributed by atoms with van der Waals surface area (Å²) in [6.07, 6.45) is 0. The van der Waals surface area contributed by atoms with Crippen molar-refractivity contribution in [3.05, 3.63) is 200 Å². The number of para-hydroxylation sites is 3. The largest absolute Gasteiger partial charge is 0.309 e. The highest BCUT2D eigenvalue weighted by Gasteiger charge is 2.21. The van der Waals surface area contributed by atoms with Gasteiger partial charge in [0.25, 0.3) is 0 Å². The fourth-order valence-corrected chi connectivity index (χ4v) is 8.18. The van der Waals surface area contributed by atoms with Crippen LogP contribution in [-0.4, -0.2) is 24.1 Å². The summed E-state index contributed by atoms with van der Waals surface area (Å²) < 4.78 is 4.80. The number of nitrogens with zero attached hydrogens (tertiary/aromatic N) is 5. The van der Waals surface area contributed by atoms with Gasteiger partial charge >= 0.3 is 0 Å². The van der Waals surface area contributed by atoms with Crippen molar-refractivity contribution in [1.29, 1.82) is 0 Å². The third-order valence-electron chi connectivity index (χ3n) is 10.8. The number of hydrogen-bond donors (Lipinski definition) is 0. The lowest BCUT2D eigenvalue weighted by atomic mass is 10.0. The van der Waals surface area contributed by atoms with Gasteiger partial charge in [0.1, 0.15) is 0 Å². The molecule has 56 heavy (non-hydrogen) atoms. The van der Waals surface area contributed by atoms with Gasteiger partial charge < -0.3 is 9.13 Å². The maximum absolute atomic E-state index is 5.07. The molecule has 0 aliphatic rings. The minimum Gasteiger partial charge on any atom is -0.309 e. The average molecular weight is 716 g/mol. The van der Waals surface area contributed by atoms with E-state index >= 15 is 0 Å². The zero-order chi connectivity index (χ0) is 37.0. The molecular weight excluding hydrogens is 683 g/mol. The molecule has 0 aliphatic heterocycles. The van der Waals surface area contributed by atoms with Crippen LogP contribution in [-0.2, 0) is 0 Å². The lowest BCUT2D eigenvalue weighted by Gasteiger charge is -2.12. The number of aromatic nitrogens is 5. The van der Waals surface area contributed by atoms with Gasteiger partial charge in [-0.25, -0.2) is 15.0 Å². The van der Waals surface area contributed by atoms with Gasteiger partial charge in [-0.2, -0.15) is 0 Å². The first-order chi connectivity index (χ1) is 27.8. The van der Waals surface area contributed by atoms with Crippen LogP contribution in [0, 0.1) is 0 Å². The molecule has 0 spiro atoms. The first-order valence-corrected chi connectivity index (χ1v) is 18.9. The first kappa shape index (κ1) is 31.9. The first-order valence-electron chi connectivity index (χ1n) is 18.9. The topological polar surface area (TPSA) is 48.5 Å². The number of hydrogen-bond acceptors (Lipinski definition) is 3. The molecule has 5 nitrogen and oxygen atoms in total. The Morgan fingerprint density at radius 2 is 0.696 bits per heavy atom. The monoisotopic (exact) mass is 715 g/mol. The molecule has 8 aromatic carbocycles. The molecular formula is C51H33N5. The van der Waals surface area contributed by atoms with Crippen molar-refractivity contribution in [3.8, 4) is 56.7 Å². The molecule has 3 aromatic heterocycles. The van der Waals surface area contributed by atoms with Gasteiger partial charge in [0.2, 0.25) is 0 Å². The van der Waals surface area contributed by atoms with Crippen LogP contribution in [0.5, 0.6) is 0 Å². The van der Waals surface area contributed by atoms with Crippen LogP contribution in [0.1, 0.15) is 0 Å². The average Bonchev–Trinajstić information content (AvgIpc) is 3.80. The second-order valence-electron chi connectivity index (χ2n) is 14.1. The quantitative estimate of drug-likeness (QED) is 0.172. The van der Waals surface area contributed by atoms with Crippen LogP contribution in [0.3, 0.4) is 0 Å². The van der Waals surface area contributed by atoms with E-state index in [1.165, 1.54) is 43.7 Å². The molecule has 0 atom stereocenters. The van der Waals surface area contributed by atoms with Gasteiger partial charge in [-0.15, -0.1) is 0 Å². The fraction of sp³-hybridized carbons (Fsp3) is 0. The predicted octanol–water partition coefficient (Wildman–Crippen LogP) is 12.7. The predicted molar refractivity (Wildman–Crippen MR) is 230 cm³/mol. The Hall–Kier alpha value is -7.63. The van der Waals surface area contributed by atoms with E-state index in [4.69, 9.17) is 15.0 Å². The Balaban J connectivity index is 1.08. The van der Waals surface area contributed by atoms with Crippen molar-refractivity contribution in [2.75, 3.05) is 0 Å². The van der Waals surface area contributed by atoms with Crippen molar-refractivity contribution in [3.63, 3.8) is 0 Å².